The van der Waals surface area contributed by atoms with E-state index in [2.05, 4.69) is 21.2 Å². The number of halogens is 3. The molecule has 1 atom stereocenters. The maximum absolute atomic E-state index is 12.9. The van der Waals surface area contributed by atoms with Crippen LogP contribution in [-0.4, -0.2) is 23.8 Å². The van der Waals surface area contributed by atoms with E-state index < -0.39 is 17.8 Å². The summed E-state index contributed by atoms with van der Waals surface area (Å²) in [5.74, 6) is -0.237. The third-order valence-electron chi connectivity index (χ3n) is 5.66. The zero-order valence-corrected chi connectivity index (χ0v) is 20.3. The number of hydrogen-bond donors (Lipinski definition) is 3. The number of hydrogen-bond acceptors (Lipinski definition) is 4. The molecule has 0 bridgehead atoms. The number of carbonyl (C=O) groups is 2. The topological polar surface area (TPSA) is 100 Å². The van der Waals surface area contributed by atoms with Gasteiger partial charge in [-0.2, -0.15) is 13.2 Å². The molecular weight excluding hydrogens is 499 g/mol. The smallest absolute Gasteiger partial charge is 0.350 e. The summed E-state index contributed by atoms with van der Waals surface area (Å²) < 4.78 is 45.4. The third-order valence-corrected chi connectivity index (χ3v) is 5.66. The summed E-state index contributed by atoms with van der Waals surface area (Å²) in [7, 11) is 0. The van der Waals surface area contributed by atoms with E-state index in [1.54, 1.807) is 0 Å². The molecule has 0 saturated heterocycles. The van der Waals surface area contributed by atoms with Crippen LogP contribution in [-0.2, 0) is 17.4 Å². The van der Waals surface area contributed by atoms with E-state index >= 15 is 0 Å². The lowest BCUT2D eigenvalue weighted by Crippen LogP contribution is -2.47. The molecule has 3 aromatic carbocycles. The molecule has 196 valence electrons. The van der Waals surface area contributed by atoms with Gasteiger partial charge in [-0.1, -0.05) is 60.7 Å². The predicted octanol–water partition coefficient (Wildman–Crippen LogP) is 5.21. The minimum Gasteiger partial charge on any atom is -0.350 e. The molecule has 4 aromatic rings. The summed E-state index contributed by atoms with van der Waals surface area (Å²) in [6, 6.07) is 21.1. The van der Waals surface area contributed by atoms with Gasteiger partial charge >= 0.3 is 18.1 Å². The number of anilines is 2. The fraction of sp³-hybridized carbons (Fsp3) is 0.185. The first-order valence-corrected chi connectivity index (χ1v) is 11.7. The summed E-state index contributed by atoms with van der Waals surface area (Å²) in [6.45, 7) is 1.66. The maximum atomic E-state index is 12.9. The van der Waals surface area contributed by atoms with Gasteiger partial charge in [-0.25, -0.2) is 4.79 Å². The molecule has 8 nitrogen and oxygen atoms in total. The standard InChI is InChI=1S/C27H24F3N5O3/c1-18(36)31-16-24(14-19-10-12-21(13-11-19)20-6-3-2-4-7-20)35-17-25(38-34-35)33-26(37)32-23-9-5-8-22(15-23)27(28,29)30/h2-13,15,17,24H,14,16H2,1H3,(H2-,31,32,33,34,36,37)/p+1/t24-/m1/s1. The number of benzene rings is 3. The number of carbonyl (C=O) groups excluding carboxylic acids is 2. The summed E-state index contributed by atoms with van der Waals surface area (Å²) in [5.41, 5.74) is 2.24. The van der Waals surface area contributed by atoms with E-state index in [0.29, 0.717) is 6.42 Å². The number of amides is 3. The number of urea groups is 1. The molecule has 0 fully saturated rings. The van der Waals surface area contributed by atoms with E-state index in [1.165, 1.54) is 29.9 Å². The monoisotopic (exact) mass is 524 g/mol. The van der Waals surface area contributed by atoms with Crippen LogP contribution in [0.2, 0.25) is 0 Å². The second-order valence-corrected chi connectivity index (χ2v) is 8.56. The first kappa shape index (κ1) is 26.4. The Morgan fingerprint density at radius 1 is 0.947 bits per heavy atom. The van der Waals surface area contributed by atoms with Crippen LogP contribution < -0.4 is 20.6 Å². The summed E-state index contributed by atoms with van der Waals surface area (Å²) in [5, 5.41) is 11.5. The van der Waals surface area contributed by atoms with Crippen molar-refractivity contribution in [2.75, 3.05) is 17.2 Å². The molecule has 0 spiro atoms. The molecule has 38 heavy (non-hydrogen) atoms. The quantitative estimate of drug-likeness (QED) is 0.276. The minimum absolute atomic E-state index is 0.0262. The fourth-order valence-electron chi connectivity index (χ4n) is 3.79. The van der Waals surface area contributed by atoms with Crippen LogP contribution in [0, 0.1) is 0 Å². The van der Waals surface area contributed by atoms with Crippen molar-refractivity contribution in [2.45, 2.75) is 25.6 Å². The highest BCUT2D eigenvalue weighted by molar-refractivity contribution is 5.98. The van der Waals surface area contributed by atoms with Crippen molar-refractivity contribution in [3.05, 3.63) is 96.2 Å². The van der Waals surface area contributed by atoms with Gasteiger partial charge in [0, 0.05) is 19.0 Å². The molecule has 0 aliphatic carbocycles. The van der Waals surface area contributed by atoms with E-state index in [4.69, 9.17) is 4.52 Å². The summed E-state index contributed by atoms with van der Waals surface area (Å²) >= 11 is 0. The Morgan fingerprint density at radius 2 is 1.66 bits per heavy atom. The predicted molar refractivity (Wildman–Crippen MR) is 134 cm³/mol. The maximum Gasteiger partial charge on any atom is 0.416 e. The van der Waals surface area contributed by atoms with Gasteiger partial charge in [-0.3, -0.25) is 14.6 Å². The van der Waals surface area contributed by atoms with Crippen molar-refractivity contribution < 1.29 is 32.0 Å². The fourth-order valence-corrected chi connectivity index (χ4v) is 3.79. The van der Waals surface area contributed by atoms with Crippen LogP contribution in [0.15, 0.2) is 89.6 Å². The van der Waals surface area contributed by atoms with Gasteiger partial charge < -0.3 is 10.6 Å². The van der Waals surface area contributed by atoms with Crippen molar-refractivity contribution in [3.8, 4) is 11.1 Å². The van der Waals surface area contributed by atoms with Gasteiger partial charge in [-0.15, -0.1) is 0 Å². The molecular formula is C27H25F3N5O3+. The summed E-state index contributed by atoms with van der Waals surface area (Å²) in [6.07, 6.45) is -2.59. The number of alkyl halides is 3. The first-order valence-electron chi connectivity index (χ1n) is 11.7. The molecule has 0 saturated carbocycles. The Kier molecular flexibility index (Phi) is 8.05. The Morgan fingerprint density at radius 3 is 2.34 bits per heavy atom. The third kappa shape index (κ3) is 7.19. The molecule has 3 N–H and O–H groups in total. The van der Waals surface area contributed by atoms with E-state index in [1.807, 2.05) is 54.6 Å². The molecule has 0 radical (unpaired) electrons. The van der Waals surface area contributed by atoms with Crippen LogP contribution >= 0.6 is 0 Å². The van der Waals surface area contributed by atoms with E-state index in [-0.39, 0.29) is 30.1 Å². The molecule has 3 amide bonds. The van der Waals surface area contributed by atoms with Crippen LogP contribution in [0.4, 0.5) is 29.5 Å². The van der Waals surface area contributed by atoms with Crippen molar-refractivity contribution in [1.29, 1.82) is 0 Å². The van der Waals surface area contributed by atoms with Crippen LogP contribution in [0.1, 0.15) is 24.1 Å². The van der Waals surface area contributed by atoms with E-state index in [9.17, 15) is 22.8 Å². The van der Waals surface area contributed by atoms with Crippen molar-refractivity contribution >= 4 is 23.5 Å². The number of rotatable bonds is 8. The molecule has 0 aliphatic heterocycles. The minimum atomic E-state index is -4.53. The lowest BCUT2D eigenvalue weighted by molar-refractivity contribution is -0.783. The van der Waals surface area contributed by atoms with Gasteiger partial charge in [0.25, 0.3) is 6.20 Å². The second kappa shape index (κ2) is 11.6. The normalized spacial score (nSPS) is 12.0. The van der Waals surface area contributed by atoms with Crippen molar-refractivity contribution in [2.24, 2.45) is 0 Å². The first-order chi connectivity index (χ1) is 18.2. The van der Waals surface area contributed by atoms with Crippen LogP contribution in [0.3, 0.4) is 0 Å². The summed E-state index contributed by atoms with van der Waals surface area (Å²) in [4.78, 5) is 23.9. The number of nitrogens with one attached hydrogen (secondary N) is 3. The number of aromatic nitrogens is 2. The molecule has 1 heterocycles. The highest BCUT2D eigenvalue weighted by Crippen LogP contribution is 2.30. The Bertz CT molecular complexity index is 1390. The molecule has 1 aromatic heterocycles. The molecule has 0 unspecified atom stereocenters. The Hall–Kier alpha value is -4.67. The van der Waals surface area contributed by atoms with Crippen molar-refractivity contribution in [3.63, 3.8) is 0 Å². The Labute approximate surface area is 216 Å². The average molecular weight is 525 g/mol. The lowest BCUT2D eigenvalue weighted by Gasteiger charge is -2.10. The lowest BCUT2D eigenvalue weighted by atomic mass is 10.0. The van der Waals surface area contributed by atoms with Gasteiger partial charge in [-0.05, 0) is 39.6 Å². The zero-order valence-electron chi connectivity index (χ0n) is 20.3. The van der Waals surface area contributed by atoms with Gasteiger partial charge in [0.15, 0.2) is 0 Å². The largest absolute Gasteiger partial charge is 0.416 e. The van der Waals surface area contributed by atoms with Gasteiger partial charge in [0.1, 0.15) is 0 Å². The molecule has 0 aliphatic rings. The average Bonchev–Trinajstić information content (AvgIpc) is 3.35. The molecule has 4 rings (SSSR count). The Balaban J connectivity index is 1.43. The van der Waals surface area contributed by atoms with Crippen LogP contribution in [0.5, 0.6) is 0 Å². The highest BCUT2D eigenvalue weighted by atomic mass is 19.4. The second-order valence-electron chi connectivity index (χ2n) is 8.56. The van der Waals surface area contributed by atoms with Crippen molar-refractivity contribution in [1.82, 2.24) is 10.6 Å². The highest BCUT2D eigenvalue weighted by Gasteiger charge is 2.30. The van der Waals surface area contributed by atoms with Crippen LogP contribution in [0.25, 0.3) is 11.1 Å². The number of nitrogens with zero attached hydrogens (tertiary/aromatic N) is 2. The molecule has 11 heteroatoms. The van der Waals surface area contributed by atoms with Gasteiger partial charge in [0.2, 0.25) is 17.2 Å². The van der Waals surface area contributed by atoms with Gasteiger partial charge in [0.05, 0.1) is 12.1 Å². The zero-order chi connectivity index (χ0) is 27.1. The van der Waals surface area contributed by atoms with E-state index in [0.717, 1.165) is 28.8 Å². The SMILES string of the molecule is CC(=O)NC[C@@H](Cc1ccc(-c2ccccc2)cc1)[n+]1cc(NC(=O)Nc2cccc(C(F)(F)F)c2)on1.